The second-order valence-electron chi connectivity index (χ2n) is 5.82. The van der Waals surface area contributed by atoms with Crippen molar-refractivity contribution in [1.29, 1.82) is 0 Å². The summed E-state index contributed by atoms with van der Waals surface area (Å²) >= 11 is 0. The summed E-state index contributed by atoms with van der Waals surface area (Å²) in [4.78, 5) is 12.6. The molecule has 0 aliphatic carbocycles. The van der Waals surface area contributed by atoms with Crippen LogP contribution in [-0.2, 0) is 10.2 Å². The summed E-state index contributed by atoms with van der Waals surface area (Å²) in [7, 11) is 0. The monoisotopic (exact) mass is 282 g/mol. The van der Waals surface area contributed by atoms with Crippen LogP contribution in [0.2, 0.25) is 0 Å². The number of hydrogen-bond acceptors (Lipinski definition) is 2. The predicted molar refractivity (Wildman–Crippen MR) is 86.9 cm³/mol. The van der Waals surface area contributed by atoms with Crippen LogP contribution in [0.4, 0.5) is 5.69 Å². The van der Waals surface area contributed by atoms with Crippen LogP contribution in [0.5, 0.6) is 0 Å². The Balaban J connectivity index is 2.16. The van der Waals surface area contributed by atoms with Gasteiger partial charge in [0.25, 0.3) is 0 Å². The molecule has 0 radical (unpaired) electrons. The molecule has 1 unspecified atom stereocenters. The minimum absolute atomic E-state index is 0.00977. The molecule has 0 heterocycles. The third-order valence-electron chi connectivity index (χ3n) is 3.87. The number of nitrogen functional groups attached to an aromatic ring is 1. The Labute approximate surface area is 126 Å². The van der Waals surface area contributed by atoms with Gasteiger partial charge in [0.15, 0.2) is 0 Å². The van der Waals surface area contributed by atoms with E-state index in [-0.39, 0.29) is 11.9 Å². The van der Waals surface area contributed by atoms with E-state index in [2.05, 4.69) is 5.32 Å². The Bertz CT molecular complexity index is 620. The van der Waals surface area contributed by atoms with E-state index < -0.39 is 5.41 Å². The van der Waals surface area contributed by atoms with Crippen molar-refractivity contribution in [3.63, 3.8) is 0 Å². The van der Waals surface area contributed by atoms with Crippen LogP contribution in [-0.4, -0.2) is 5.91 Å². The first-order chi connectivity index (χ1) is 9.93. The largest absolute Gasteiger partial charge is 0.398 e. The van der Waals surface area contributed by atoms with Crippen molar-refractivity contribution in [2.24, 2.45) is 0 Å². The minimum Gasteiger partial charge on any atom is -0.398 e. The normalized spacial score (nSPS) is 12.7. The van der Waals surface area contributed by atoms with Crippen molar-refractivity contribution < 1.29 is 4.79 Å². The Morgan fingerprint density at radius 3 is 2.24 bits per heavy atom. The number of benzene rings is 2. The zero-order valence-corrected chi connectivity index (χ0v) is 12.8. The maximum absolute atomic E-state index is 12.6. The fourth-order valence-electron chi connectivity index (χ4n) is 2.35. The van der Waals surface area contributed by atoms with Gasteiger partial charge in [0.1, 0.15) is 0 Å². The average molecular weight is 282 g/mol. The van der Waals surface area contributed by atoms with Crippen LogP contribution in [0.15, 0.2) is 54.6 Å². The van der Waals surface area contributed by atoms with Gasteiger partial charge in [-0.2, -0.15) is 0 Å². The SMILES string of the molecule is CC(NC(=O)C(C)(C)c1ccccc1)c1ccccc1N. The van der Waals surface area contributed by atoms with Crippen molar-refractivity contribution in [2.75, 3.05) is 5.73 Å². The highest BCUT2D eigenvalue weighted by atomic mass is 16.2. The zero-order valence-electron chi connectivity index (χ0n) is 12.8. The van der Waals surface area contributed by atoms with Gasteiger partial charge in [-0.25, -0.2) is 0 Å². The highest BCUT2D eigenvalue weighted by Gasteiger charge is 2.30. The highest BCUT2D eigenvalue weighted by molar-refractivity contribution is 5.87. The maximum Gasteiger partial charge on any atom is 0.230 e. The molecular formula is C18H22N2O. The maximum atomic E-state index is 12.6. The fraction of sp³-hybridized carbons (Fsp3) is 0.278. The van der Waals surface area contributed by atoms with E-state index in [1.54, 1.807) is 0 Å². The molecule has 3 heteroatoms. The standard InChI is InChI=1S/C18H22N2O/c1-13(15-11-7-8-12-16(15)19)20-17(21)18(2,3)14-9-5-4-6-10-14/h4-13H,19H2,1-3H3,(H,20,21). The fourth-order valence-corrected chi connectivity index (χ4v) is 2.35. The Morgan fingerprint density at radius 2 is 1.62 bits per heavy atom. The number of hydrogen-bond donors (Lipinski definition) is 2. The van der Waals surface area contributed by atoms with Crippen LogP contribution in [0.1, 0.15) is 37.9 Å². The van der Waals surface area contributed by atoms with E-state index in [9.17, 15) is 4.79 Å². The van der Waals surface area contributed by atoms with Crippen LogP contribution in [0, 0.1) is 0 Å². The molecule has 21 heavy (non-hydrogen) atoms. The van der Waals surface area contributed by atoms with Gasteiger partial charge in [-0.15, -0.1) is 0 Å². The Kier molecular flexibility index (Phi) is 4.32. The molecule has 0 aliphatic rings. The smallest absolute Gasteiger partial charge is 0.230 e. The zero-order chi connectivity index (χ0) is 15.5. The lowest BCUT2D eigenvalue weighted by Crippen LogP contribution is -2.41. The molecule has 0 bridgehead atoms. The van der Waals surface area contributed by atoms with E-state index in [4.69, 9.17) is 5.73 Å². The quantitative estimate of drug-likeness (QED) is 0.844. The molecule has 0 saturated heterocycles. The molecule has 1 atom stereocenters. The van der Waals surface area contributed by atoms with Crippen LogP contribution in [0.25, 0.3) is 0 Å². The molecule has 0 aromatic heterocycles. The second kappa shape index (κ2) is 6.00. The van der Waals surface area contributed by atoms with Crippen LogP contribution in [0.3, 0.4) is 0 Å². The third-order valence-corrected chi connectivity index (χ3v) is 3.87. The summed E-state index contributed by atoms with van der Waals surface area (Å²) < 4.78 is 0. The third kappa shape index (κ3) is 3.24. The summed E-state index contributed by atoms with van der Waals surface area (Å²) in [5.41, 5.74) is 8.01. The lowest BCUT2D eigenvalue weighted by Gasteiger charge is -2.27. The topological polar surface area (TPSA) is 55.1 Å². The molecule has 1 amide bonds. The molecule has 110 valence electrons. The molecule has 0 fully saturated rings. The lowest BCUT2D eigenvalue weighted by molar-refractivity contribution is -0.126. The van der Waals surface area contributed by atoms with Crippen molar-refractivity contribution in [1.82, 2.24) is 5.32 Å². The first-order valence-corrected chi connectivity index (χ1v) is 7.14. The molecule has 2 rings (SSSR count). The molecule has 0 aliphatic heterocycles. The number of nitrogens with one attached hydrogen (secondary N) is 1. The van der Waals surface area contributed by atoms with Gasteiger partial charge in [-0.1, -0.05) is 48.5 Å². The lowest BCUT2D eigenvalue weighted by atomic mass is 9.83. The first-order valence-electron chi connectivity index (χ1n) is 7.14. The number of anilines is 1. The van der Waals surface area contributed by atoms with E-state index in [0.717, 1.165) is 11.1 Å². The summed E-state index contributed by atoms with van der Waals surface area (Å²) in [6.45, 7) is 5.81. The van der Waals surface area contributed by atoms with E-state index >= 15 is 0 Å². The predicted octanol–water partition coefficient (Wildman–Crippen LogP) is 3.42. The van der Waals surface area contributed by atoms with Gasteiger partial charge >= 0.3 is 0 Å². The van der Waals surface area contributed by atoms with Gasteiger partial charge in [0.05, 0.1) is 11.5 Å². The molecule has 2 aromatic carbocycles. The summed E-state index contributed by atoms with van der Waals surface area (Å²) in [5.74, 6) is -0.00977. The summed E-state index contributed by atoms with van der Waals surface area (Å²) in [6.07, 6.45) is 0. The van der Waals surface area contributed by atoms with Gasteiger partial charge in [-0.3, -0.25) is 4.79 Å². The number of carbonyl (C=O) groups excluding carboxylic acids is 1. The number of amides is 1. The number of rotatable bonds is 4. The number of carbonyl (C=O) groups is 1. The average Bonchev–Trinajstić information content (AvgIpc) is 2.48. The van der Waals surface area contributed by atoms with Crippen molar-refractivity contribution in [3.05, 3.63) is 65.7 Å². The second-order valence-corrected chi connectivity index (χ2v) is 5.82. The molecule has 0 saturated carbocycles. The summed E-state index contributed by atoms with van der Waals surface area (Å²) in [6, 6.07) is 17.3. The van der Waals surface area contributed by atoms with Crippen LogP contribution >= 0.6 is 0 Å². The van der Waals surface area contributed by atoms with E-state index in [1.165, 1.54) is 0 Å². The molecule has 3 nitrogen and oxygen atoms in total. The van der Waals surface area contributed by atoms with E-state index in [0.29, 0.717) is 5.69 Å². The van der Waals surface area contributed by atoms with Gasteiger partial charge < -0.3 is 11.1 Å². The van der Waals surface area contributed by atoms with Gasteiger partial charge in [0, 0.05) is 5.69 Å². The Hall–Kier alpha value is -2.29. The highest BCUT2D eigenvalue weighted by Crippen LogP contribution is 2.26. The van der Waals surface area contributed by atoms with Crippen molar-refractivity contribution in [3.8, 4) is 0 Å². The van der Waals surface area contributed by atoms with Gasteiger partial charge in [-0.05, 0) is 38.0 Å². The summed E-state index contributed by atoms with van der Waals surface area (Å²) in [5, 5.41) is 3.06. The van der Waals surface area contributed by atoms with Gasteiger partial charge in [0.2, 0.25) is 5.91 Å². The molecule has 3 N–H and O–H groups in total. The molecule has 2 aromatic rings. The number of nitrogens with two attached hydrogens (primary N) is 1. The molecular weight excluding hydrogens is 260 g/mol. The number of para-hydroxylation sites is 1. The van der Waals surface area contributed by atoms with Crippen LogP contribution < -0.4 is 11.1 Å². The van der Waals surface area contributed by atoms with E-state index in [1.807, 2.05) is 75.4 Å². The minimum atomic E-state index is -0.584. The van der Waals surface area contributed by atoms with Crippen molar-refractivity contribution in [2.45, 2.75) is 32.2 Å². The first kappa shape index (κ1) is 15.1. The van der Waals surface area contributed by atoms with Crippen molar-refractivity contribution >= 4 is 11.6 Å². The Morgan fingerprint density at radius 1 is 1.05 bits per heavy atom. The molecule has 0 spiro atoms.